The molecule has 0 unspecified atom stereocenters. The van der Waals surface area contributed by atoms with Gasteiger partial charge in [-0.1, -0.05) is 18.7 Å². The highest BCUT2D eigenvalue weighted by molar-refractivity contribution is 7.98. The number of hydrogen-bond donors (Lipinski definition) is 1. The van der Waals surface area contributed by atoms with Crippen LogP contribution in [0.2, 0.25) is 0 Å². The second kappa shape index (κ2) is 6.67. The van der Waals surface area contributed by atoms with E-state index in [1.807, 2.05) is 6.33 Å². The summed E-state index contributed by atoms with van der Waals surface area (Å²) in [4.78, 5) is 24.4. The van der Waals surface area contributed by atoms with Crippen molar-refractivity contribution in [1.29, 1.82) is 0 Å². The van der Waals surface area contributed by atoms with E-state index in [1.165, 1.54) is 12.8 Å². The molecule has 1 saturated heterocycles. The number of thioether (sulfide) groups is 1. The van der Waals surface area contributed by atoms with Crippen LogP contribution < -0.4 is 10.3 Å². The van der Waals surface area contributed by atoms with Crippen LogP contribution in [-0.2, 0) is 23.3 Å². The van der Waals surface area contributed by atoms with Crippen LogP contribution in [0.4, 0.5) is 0 Å². The van der Waals surface area contributed by atoms with Gasteiger partial charge in [-0.3, -0.25) is 4.79 Å². The molecule has 0 amide bonds. The van der Waals surface area contributed by atoms with Crippen molar-refractivity contribution >= 4 is 11.8 Å². The maximum atomic E-state index is 12.2. The Morgan fingerprint density at radius 1 is 1.41 bits per heavy atom. The van der Waals surface area contributed by atoms with E-state index in [0.29, 0.717) is 29.4 Å². The molecule has 27 heavy (non-hydrogen) atoms. The van der Waals surface area contributed by atoms with E-state index < -0.39 is 0 Å². The smallest absolute Gasteiger partial charge is 0.254 e. The van der Waals surface area contributed by atoms with Crippen LogP contribution in [0.3, 0.4) is 0 Å². The zero-order valence-electron chi connectivity index (χ0n) is 15.5. The zero-order valence-corrected chi connectivity index (χ0v) is 16.3. The molecule has 0 spiro atoms. The Kier molecular flexibility index (Phi) is 4.27. The molecule has 2 aromatic rings. The van der Waals surface area contributed by atoms with Gasteiger partial charge in [0.2, 0.25) is 5.88 Å². The van der Waals surface area contributed by atoms with Crippen molar-refractivity contribution < 1.29 is 9.47 Å². The summed E-state index contributed by atoms with van der Waals surface area (Å²) in [6.45, 7) is 4.25. The van der Waals surface area contributed by atoms with Crippen LogP contribution in [0.15, 0.2) is 16.3 Å². The summed E-state index contributed by atoms with van der Waals surface area (Å²) in [5.74, 6) is 1.38. The Morgan fingerprint density at radius 2 is 2.26 bits per heavy atom. The molecule has 1 saturated carbocycles. The number of fused-ring (bicyclic) bond motifs is 1. The zero-order chi connectivity index (χ0) is 18.4. The Hall–Kier alpha value is -1.80. The molecule has 1 aliphatic heterocycles. The van der Waals surface area contributed by atoms with Crippen LogP contribution in [0.25, 0.3) is 0 Å². The molecule has 1 N–H and O–H groups in total. The summed E-state index contributed by atoms with van der Waals surface area (Å²) in [5, 5.41) is 0.689. The normalized spacial score (nSPS) is 20.3. The summed E-state index contributed by atoms with van der Waals surface area (Å²) in [6, 6.07) is 0.528. The topological polar surface area (TPSA) is 82.0 Å². The average molecular weight is 388 g/mol. The van der Waals surface area contributed by atoms with Crippen LogP contribution in [0.1, 0.15) is 49.2 Å². The Bertz CT molecular complexity index is 914. The largest absolute Gasteiger partial charge is 0.476 e. The fraction of sp³-hybridized carbons (Fsp3) is 0.632. The molecular weight excluding hydrogens is 364 g/mol. The van der Waals surface area contributed by atoms with E-state index in [0.717, 1.165) is 49.4 Å². The SMILES string of the molecule is CC1(COc2ncn(C3CC3)c2CSc2nc3c(c(=O)[nH]2)CCC3)COC1. The number of ether oxygens (including phenoxy) is 2. The summed E-state index contributed by atoms with van der Waals surface area (Å²) in [5.41, 5.74) is 3.01. The molecular formula is C19H24N4O3S. The molecule has 3 aliphatic rings. The van der Waals surface area contributed by atoms with Crippen molar-refractivity contribution in [3.63, 3.8) is 0 Å². The van der Waals surface area contributed by atoms with Gasteiger partial charge in [-0.05, 0) is 32.1 Å². The number of aromatic nitrogens is 4. The van der Waals surface area contributed by atoms with E-state index >= 15 is 0 Å². The van der Waals surface area contributed by atoms with Crippen LogP contribution in [0.5, 0.6) is 5.88 Å². The van der Waals surface area contributed by atoms with E-state index in [2.05, 4.69) is 26.4 Å². The van der Waals surface area contributed by atoms with Gasteiger partial charge >= 0.3 is 0 Å². The number of H-pyrrole nitrogens is 1. The third-order valence-electron chi connectivity index (χ3n) is 5.52. The fourth-order valence-corrected chi connectivity index (χ4v) is 4.58. The third kappa shape index (κ3) is 3.40. The number of rotatable bonds is 7. The summed E-state index contributed by atoms with van der Waals surface area (Å²) < 4.78 is 13.6. The highest BCUT2D eigenvalue weighted by Gasteiger charge is 2.35. The molecule has 2 fully saturated rings. The number of imidazole rings is 1. The van der Waals surface area contributed by atoms with Crippen molar-refractivity contribution in [1.82, 2.24) is 19.5 Å². The quantitative estimate of drug-likeness (QED) is 0.580. The minimum atomic E-state index is 0.0186. The van der Waals surface area contributed by atoms with Crippen LogP contribution in [-0.4, -0.2) is 39.3 Å². The van der Waals surface area contributed by atoms with Crippen molar-refractivity contribution in [3.05, 3.63) is 33.6 Å². The number of nitrogens with zero attached hydrogens (tertiary/aromatic N) is 3. The standard InChI is InChI=1S/C19H24N4O3S/c1-19(8-25-9-19)10-26-17-15(23(11-20-17)12-5-6-12)7-27-18-21-14-4-2-3-13(14)16(24)22-18/h11-12H,2-10H2,1H3,(H,21,22,24). The van der Waals surface area contributed by atoms with Gasteiger partial charge in [0.25, 0.3) is 5.56 Å². The number of aryl methyl sites for hydroxylation is 1. The number of nitrogens with one attached hydrogen (secondary N) is 1. The lowest BCUT2D eigenvalue weighted by atomic mass is 9.90. The molecule has 0 aromatic carbocycles. The van der Waals surface area contributed by atoms with Gasteiger partial charge in [-0.2, -0.15) is 0 Å². The number of aromatic amines is 1. The minimum absolute atomic E-state index is 0.0186. The van der Waals surface area contributed by atoms with Crippen molar-refractivity contribution in [2.45, 2.75) is 56.0 Å². The van der Waals surface area contributed by atoms with Crippen LogP contribution in [0, 0.1) is 5.41 Å². The van der Waals surface area contributed by atoms with E-state index in [4.69, 9.17) is 9.47 Å². The van der Waals surface area contributed by atoms with E-state index in [9.17, 15) is 4.79 Å². The third-order valence-corrected chi connectivity index (χ3v) is 6.41. The summed E-state index contributed by atoms with van der Waals surface area (Å²) in [6.07, 6.45) is 7.04. The lowest BCUT2D eigenvalue weighted by Gasteiger charge is -2.37. The van der Waals surface area contributed by atoms with Gasteiger partial charge in [-0.25, -0.2) is 9.97 Å². The molecule has 3 heterocycles. The first-order chi connectivity index (χ1) is 13.1. The fourth-order valence-electron chi connectivity index (χ4n) is 3.69. The second-order valence-electron chi connectivity index (χ2n) is 8.17. The lowest BCUT2D eigenvalue weighted by molar-refractivity contribution is -0.120. The predicted octanol–water partition coefficient (Wildman–Crippen LogP) is 2.50. The molecule has 144 valence electrons. The maximum Gasteiger partial charge on any atom is 0.254 e. The minimum Gasteiger partial charge on any atom is -0.476 e. The van der Waals surface area contributed by atoms with Gasteiger partial charge in [0.1, 0.15) is 0 Å². The van der Waals surface area contributed by atoms with E-state index in [-0.39, 0.29) is 11.0 Å². The first kappa shape index (κ1) is 17.3. The van der Waals surface area contributed by atoms with Gasteiger partial charge in [0, 0.05) is 22.8 Å². The molecule has 0 radical (unpaired) electrons. The maximum absolute atomic E-state index is 12.2. The molecule has 2 aromatic heterocycles. The first-order valence-corrected chi connectivity index (χ1v) is 10.6. The molecule has 7 nitrogen and oxygen atoms in total. The summed E-state index contributed by atoms with van der Waals surface area (Å²) >= 11 is 1.55. The van der Waals surface area contributed by atoms with Crippen LogP contribution >= 0.6 is 11.8 Å². The lowest BCUT2D eigenvalue weighted by Crippen LogP contribution is -2.44. The Labute approximate surface area is 161 Å². The first-order valence-electron chi connectivity index (χ1n) is 9.62. The van der Waals surface area contributed by atoms with Gasteiger partial charge in [0.05, 0.1) is 37.5 Å². The molecule has 0 atom stereocenters. The van der Waals surface area contributed by atoms with E-state index in [1.54, 1.807) is 11.8 Å². The Balaban J connectivity index is 1.33. The number of hydrogen-bond acceptors (Lipinski definition) is 6. The molecule has 2 aliphatic carbocycles. The Morgan fingerprint density at radius 3 is 3.00 bits per heavy atom. The van der Waals surface area contributed by atoms with Crippen molar-refractivity contribution in [2.75, 3.05) is 19.8 Å². The molecule has 0 bridgehead atoms. The monoisotopic (exact) mass is 388 g/mol. The molecule has 5 rings (SSSR count). The molecule has 8 heteroatoms. The summed E-state index contributed by atoms with van der Waals surface area (Å²) in [7, 11) is 0. The average Bonchev–Trinajstić information content (AvgIpc) is 3.21. The second-order valence-corrected chi connectivity index (χ2v) is 9.13. The van der Waals surface area contributed by atoms with Gasteiger partial charge in [0.15, 0.2) is 5.16 Å². The highest BCUT2D eigenvalue weighted by atomic mass is 32.2. The van der Waals surface area contributed by atoms with Gasteiger partial charge < -0.3 is 19.0 Å². The highest BCUT2D eigenvalue weighted by Crippen LogP contribution is 2.39. The van der Waals surface area contributed by atoms with Crippen molar-refractivity contribution in [3.8, 4) is 5.88 Å². The van der Waals surface area contributed by atoms with Gasteiger partial charge in [-0.15, -0.1) is 0 Å². The predicted molar refractivity (Wildman–Crippen MR) is 101 cm³/mol. The van der Waals surface area contributed by atoms with Crippen molar-refractivity contribution in [2.24, 2.45) is 5.41 Å².